The van der Waals surface area contributed by atoms with E-state index in [1.54, 1.807) is 11.3 Å². The third kappa shape index (κ3) is 3.80. The summed E-state index contributed by atoms with van der Waals surface area (Å²) in [7, 11) is 0. The van der Waals surface area contributed by atoms with Crippen molar-refractivity contribution in [3.8, 4) is 0 Å². The zero-order valence-electron chi connectivity index (χ0n) is 7.50. The minimum atomic E-state index is -0.143. The summed E-state index contributed by atoms with van der Waals surface area (Å²) in [5.41, 5.74) is 8.58. The van der Waals surface area contributed by atoms with Gasteiger partial charge >= 0.3 is 0 Å². The second-order valence-electron chi connectivity index (χ2n) is 3.57. The van der Waals surface area contributed by atoms with Gasteiger partial charge in [0.25, 0.3) is 0 Å². The number of nitrogens with one attached hydrogen (secondary N) is 1. The van der Waals surface area contributed by atoms with Crippen LogP contribution >= 0.6 is 11.3 Å². The molecule has 12 heavy (non-hydrogen) atoms. The van der Waals surface area contributed by atoms with Crippen LogP contribution in [0, 0.1) is 0 Å². The molecule has 0 amide bonds. The molecule has 1 rings (SSSR count). The van der Waals surface area contributed by atoms with Gasteiger partial charge in [-0.2, -0.15) is 0 Å². The molecule has 68 valence electrons. The summed E-state index contributed by atoms with van der Waals surface area (Å²) in [6.07, 6.45) is 0. The maximum absolute atomic E-state index is 5.79. The van der Waals surface area contributed by atoms with Crippen molar-refractivity contribution < 1.29 is 0 Å². The van der Waals surface area contributed by atoms with Gasteiger partial charge in [-0.05, 0) is 13.8 Å². The summed E-state index contributed by atoms with van der Waals surface area (Å²) in [6.45, 7) is 5.62. The molecule has 4 heteroatoms. The quantitative estimate of drug-likeness (QED) is 0.735. The Balaban J connectivity index is 2.20. The van der Waals surface area contributed by atoms with Crippen molar-refractivity contribution in [2.75, 3.05) is 6.54 Å². The Morgan fingerprint density at radius 1 is 1.67 bits per heavy atom. The number of hydrogen-bond donors (Lipinski definition) is 2. The molecule has 0 saturated heterocycles. The summed E-state index contributed by atoms with van der Waals surface area (Å²) in [5.74, 6) is 0. The molecule has 0 aliphatic rings. The van der Waals surface area contributed by atoms with Crippen LogP contribution in [0.3, 0.4) is 0 Å². The molecule has 1 aromatic rings. The highest BCUT2D eigenvalue weighted by Gasteiger charge is 2.08. The van der Waals surface area contributed by atoms with Gasteiger partial charge in [0.15, 0.2) is 0 Å². The van der Waals surface area contributed by atoms with Crippen molar-refractivity contribution in [1.82, 2.24) is 10.3 Å². The van der Waals surface area contributed by atoms with Crippen LogP contribution in [0.2, 0.25) is 0 Å². The van der Waals surface area contributed by atoms with E-state index in [1.165, 1.54) is 0 Å². The van der Waals surface area contributed by atoms with Crippen LogP contribution in [-0.2, 0) is 6.54 Å². The predicted octanol–water partition coefficient (Wildman–Crippen LogP) is 0.970. The van der Waals surface area contributed by atoms with Gasteiger partial charge in [-0.1, -0.05) is 0 Å². The number of nitrogens with two attached hydrogens (primary N) is 1. The lowest BCUT2D eigenvalue weighted by Gasteiger charge is -2.18. The molecule has 0 aliphatic carbocycles. The topological polar surface area (TPSA) is 50.9 Å². The number of thiazole rings is 1. The van der Waals surface area contributed by atoms with E-state index in [4.69, 9.17) is 5.73 Å². The van der Waals surface area contributed by atoms with E-state index in [0.29, 0.717) is 0 Å². The Labute approximate surface area is 77.0 Å². The molecule has 1 heterocycles. The van der Waals surface area contributed by atoms with E-state index < -0.39 is 0 Å². The summed E-state index contributed by atoms with van der Waals surface area (Å²) >= 11 is 1.62. The lowest BCUT2D eigenvalue weighted by atomic mass is 10.1. The van der Waals surface area contributed by atoms with Crippen molar-refractivity contribution >= 4 is 11.3 Å². The van der Waals surface area contributed by atoms with Crippen molar-refractivity contribution in [3.05, 3.63) is 16.6 Å². The second kappa shape index (κ2) is 3.98. The van der Waals surface area contributed by atoms with Crippen molar-refractivity contribution in [1.29, 1.82) is 0 Å². The molecule has 3 N–H and O–H groups in total. The molecule has 0 saturated carbocycles. The van der Waals surface area contributed by atoms with Crippen LogP contribution in [0.4, 0.5) is 0 Å². The van der Waals surface area contributed by atoms with Crippen molar-refractivity contribution in [2.45, 2.75) is 25.9 Å². The van der Waals surface area contributed by atoms with Gasteiger partial charge in [0.1, 0.15) is 0 Å². The fraction of sp³-hybridized carbons (Fsp3) is 0.625. The molecule has 0 fully saturated rings. The average Bonchev–Trinajstić information content (AvgIpc) is 2.36. The Morgan fingerprint density at radius 2 is 2.42 bits per heavy atom. The third-order valence-electron chi connectivity index (χ3n) is 1.37. The van der Waals surface area contributed by atoms with E-state index in [2.05, 4.69) is 10.3 Å². The zero-order chi connectivity index (χ0) is 9.03. The molecule has 0 bridgehead atoms. The van der Waals surface area contributed by atoms with Crippen LogP contribution < -0.4 is 11.1 Å². The first-order valence-corrected chi connectivity index (χ1v) is 4.89. The molecule has 0 radical (unpaired) electrons. The van der Waals surface area contributed by atoms with E-state index >= 15 is 0 Å². The number of hydrogen-bond acceptors (Lipinski definition) is 4. The van der Waals surface area contributed by atoms with Gasteiger partial charge in [0.2, 0.25) is 0 Å². The molecular formula is C8H15N3S. The second-order valence-corrected chi connectivity index (χ2v) is 4.29. The van der Waals surface area contributed by atoms with Crippen molar-refractivity contribution in [2.24, 2.45) is 5.73 Å². The largest absolute Gasteiger partial charge is 0.324 e. The minimum absolute atomic E-state index is 0.143. The molecular weight excluding hydrogens is 170 g/mol. The Kier molecular flexibility index (Phi) is 3.20. The van der Waals surface area contributed by atoms with Gasteiger partial charge in [-0.3, -0.25) is 0 Å². The predicted molar refractivity (Wildman–Crippen MR) is 52.1 cm³/mol. The highest BCUT2D eigenvalue weighted by atomic mass is 32.1. The number of rotatable bonds is 4. The fourth-order valence-corrected chi connectivity index (χ4v) is 1.40. The Morgan fingerprint density at radius 3 is 2.92 bits per heavy atom. The molecule has 0 spiro atoms. The lowest BCUT2D eigenvalue weighted by molar-refractivity contribution is 0.465. The van der Waals surface area contributed by atoms with Gasteiger partial charge in [-0.25, -0.2) is 4.98 Å². The van der Waals surface area contributed by atoms with E-state index in [-0.39, 0.29) is 5.54 Å². The zero-order valence-corrected chi connectivity index (χ0v) is 8.32. The molecule has 0 aromatic carbocycles. The third-order valence-corrected chi connectivity index (χ3v) is 2.01. The normalized spacial score (nSPS) is 11.9. The SMILES string of the molecule is CC(C)(N)CNCc1cscn1. The first kappa shape index (κ1) is 9.64. The Hall–Kier alpha value is -0.450. The lowest BCUT2D eigenvalue weighted by Crippen LogP contribution is -2.42. The molecule has 1 aromatic heterocycles. The van der Waals surface area contributed by atoms with Crippen LogP contribution in [0.1, 0.15) is 19.5 Å². The first-order chi connectivity index (χ1) is 5.58. The van der Waals surface area contributed by atoms with Crippen LogP contribution in [0.15, 0.2) is 10.9 Å². The molecule has 0 unspecified atom stereocenters. The highest BCUT2D eigenvalue weighted by molar-refractivity contribution is 7.07. The van der Waals surface area contributed by atoms with Crippen molar-refractivity contribution in [3.63, 3.8) is 0 Å². The maximum Gasteiger partial charge on any atom is 0.0795 e. The summed E-state index contributed by atoms with van der Waals surface area (Å²) in [6, 6.07) is 0. The summed E-state index contributed by atoms with van der Waals surface area (Å²) in [4.78, 5) is 4.15. The maximum atomic E-state index is 5.79. The molecule has 0 atom stereocenters. The average molecular weight is 185 g/mol. The summed E-state index contributed by atoms with van der Waals surface area (Å²) < 4.78 is 0. The molecule has 0 aliphatic heterocycles. The van der Waals surface area contributed by atoms with Gasteiger partial charge in [0, 0.05) is 24.0 Å². The monoisotopic (exact) mass is 185 g/mol. The first-order valence-electron chi connectivity index (χ1n) is 3.94. The minimum Gasteiger partial charge on any atom is -0.324 e. The van der Waals surface area contributed by atoms with E-state index in [9.17, 15) is 0 Å². The van der Waals surface area contributed by atoms with E-state index in [0.717, 1.165) is 18.8 Å². The van der Waals surface area contributed by atoms with E-state index in [1.807, 2.05) is 24.7 Å². The van der Waals surface area contributed by atoms with Gasteiger partial charge in [0.05, 0.1) is 11.2 Å². The molecule has 3 nitrogen and oxygen atoms in total. The standard InChI is InChI=1S/C8H15N3S/c1-8(2,9)5-10-3-7-4-12-6-11-7/h4,6,10H,3,5,9H2,1-2H3. The smallest absolute Gasteiger partial charge is 0.0795 e. The fourth-order valence-electron chi connectivity index (χ4n) is 0.838. The van der Waals surface area contributed by atoms with Crippen LogP contribution in [0.5, 0.6) is 0 Å². The van der Waals surface area contributed by atoms with Gasteiger partial charge in [-0.15, -0.1) is 11.3 Å². The highest BCUT2D eigenvalue weighted by Crippen LogP contribution is 2.00. The Bertz CT molecular complexity index is 213. The number of nitrogens with zero attached hydrogens (tertiary/aromatic N) is 1. The van der Waals surface area contributed by atoms with Crippen LogP contribution in [-0.4, -0.2) is 17.1 Å². The van der Waals surface area contributed by atoms with Gasteiger partial charge < -0.3 is 11.1 Å². The number of aromatic nitrogens is 1. The summed E-state index contributed by atoms with van der Waals surface area (Å²) in [5, 5.41) is 5.29. The van der Waals surface area contributed by atoms with Crippen LogP contribution in [0.25, 0.3) is 0 Å².